The number of hydrogen-bond acceptors (Lipinski definition) is 2. The molecule has 5 heteroatoms. The Balaban J connectivity index is 2.98. The highest BCUT2D eigenvalue weighted by molar-refractivity contribution is 5.94. The summed E-state index contributed by atoms with van der Waals surface area (Å²) in [5.41, 5.74) is -0.264. The van der Waals surface area contributed by atoms with Crippen molar-refractivity contribution in [2.75, 3.05) is 13.1 Å². The molecule has 1 heterocycles. The average molecular weight is 242 g/mol. The molecule has 0 unspecified atom stereocenters. The van der Waals surface area contributed by atoms with Gasteiger partial charge in [0.05, 0.1) is 5.56 Å². The van der Waals surface area contributed by atoms with Gasteiger partial charge in [-0.05, 0) is 18.9 Å². The van der Waals surface area contributed by atoms with Crippen LogP contribution in [0.15, 0.2) is 12.3 Å². The van der Waals surface area contributed by atoms with Crippen molar-refractivity contribution in [2.45, 2.75) is 20.8 Å². The number of rotatable bonds is 4. The van der Waals surface area contributed by atoms with Gasteiger partial charge in [0.15, 0.2) is 5.82 Å². The van der Waals surface area contributed by atoms with Crippen LogP contribution in [0, 0.1) is 17.7 Å². The first-order valence-corrected chi connectivity index (χ1v) is 5.56. The summed E-state index contributed by atoms with van der Waals surface area (Å²) < 4.78 is 26.3. The number of aromatic nitrogens is 1. The van der Waals surface area contributed by atoms with E-state index in [2.05, 4.69) is 4.98 Å². The van der Waals surface area contributed by atoms with Gasteiger partial charge in [-0.3, -0.25) is 4.79 Å². The fourth-order valence-corrected chi connectivity index (χ4v) is 1.55. The van der Waals surface area contributed by atoms with E-state index in [9.17, 15) is 13.6 Å². The molecule has 1 aromatic rings. The quantitative estimate of drug-likeness (QED) is 0.760. The monoisotopic (exact) mass is 242 g/mol. The Hall–Kier alpha value is -1.52. The summed E-state index contributed by atoms with van der Waals surface area (Å²) in [6.07, 6.45) is 1.09. The van der Waals surface area contributed by atoms with Gasteiger partial charge < -0.3 is 4.90 Å². The van der Waals surface area contributed by atoms with Gasteiger partial charge in [-0.2, -0.15) is 4.39 Å². The van der Waals surface area contributed by atoms with E-state index in [1.165, 1.54) is 11.0 Å². The second-order valence-corrected chi connectivity index (χ2v) is 4.20. The Labute approximate surface area is 99.5 Å². The lowest BCUT2D eigenvalue weighted by atomic mass is 10.1. The van der Waals surface area contributed by atoms with Crippen LogP contribution in [0.4, 0.5) is 8.78 Å². The topological polar surface area (TPSA) is 33.2 Å². The second kappa shape index (κ2) is 5.70. The van der Waals surface area contributed by atoms with Crippen LogP contribution >= 0.6 is 0 Å². The molecule has 0 spiro atoms. The first kappa shape index (κ1) is 13.5. The smallest absolute Gasteiger partial charge is 0.257 e. The van der Waals surface area contributed by atoms with Crippen LogP contribution in [0.5, 0.6) is 0 Å². The number of carbonyl (C=O) groups excluding carboxylic acids is 1. The van der Waals surface area contributed by atoms with E-state index in [0.29, 0.717) is 13.1 Å². The first-order chi connectivity index (χ1) is 7.97. The first-order valence-electron chi connectivity index (χ1n) is 5.56. The fourth-order valence-electron chi connectivity index (χ4n) is 1.55. The van der Waals surface area contributed by atoms with Gasteiger partial charge in [-0.15, -0.1) is 0 Å². The van der Waals surface area contributed by atoms with Gasteiger partial charge in [-0.25, -0.2) is 9.37 Å². The molecular formula is C12H16F2N2O. The van der Waals surface area contributed by atoms with E-state index in [-0.39, 0.29) is 11.5 Å². The van der Waals surface area contributed by atoms with Crippen LogP contribution in [0.3, 0.4) is 0 Å². The lowest BCUT2D eigenvalue weighted by Crippen LogP contribution is -2.34. The second-order valence-electron chi connectivity index (χ2n) is 4.20. The number of nitrogens with zero attached hydrogens (tertiary/aromatic N) is 2. The van der Waals surface area contributed by atoms with Crippen molar-refractivity contribution < 1.29 is 13.6 Å². The summed E-state index contributed by atoms with van der Waals surface area (Å²) >= 11 is 0. The van der Waals surface area contributed by atoms with Gasteiger partial charge in [0.25, 0.3) is 5.91 Å². The molecule has 0 N–H and O–H groups in total. The number of amides is 1. The number of pyridine rings is 1. The zero-order chi connectivity index (χ0) is 13.0. The average Bonchev–Trinajstić information content (AvgIpc) is 2.28. The van der Waals surface area contributed by atoms with Crippen LogP contribution in [0.2, 0.25) is 0 Å². The van der Waals surface area contributed by atoms with Crippen molar-refractivity contribution in [1.29, 1.82) is 0 Å². The van der Waals surface area contributed by atoms with Crippen molar-refractivity contribution in [1.82, 2.24) is 9.88 Å². The van der Waals surface area contributed by atoms with Crippen molar-refractivity contribution in [2.24, 2.45) is 5.92 Å². The molecule has 0 bridgehead atoms. The van der Waals surface area contributed by atoms with Crippen molar-refractivity contribution in [3.05, 3.63) is 29.6 Å². The Morgan fingerprint density at radius 3 is 2.65 bits per heavy atom. The Morgan fingerprint density at radius 2 is 2.12 bits per heavy atom. The summed E-state index contributed by atoms with van der Waals surface area (Å²) in [6.45, 7) is 6.69. The Bertz CT molecular complexity index is 407. The molecule has 0 saturated carbocycles. The molecule has 1 aromatic heterocycles. The van der Waals surface area contributed by atoms with Crippen LogP contribution in [0.25, 0.3) is 0 Å². The summed E-state index contributed by atoms with van der Waals surface area (Å²) in [4.78, 5) is 16.6. The molecule has 1 rings (SSSR count). The molecule has 0 aliphatic rings. The summed E-state index contributed by atoms with van der Waals surface area (Å²) in [5, 5.41) is 0. The largest absolute Gasteiger partial charge is 0.339 e. The van der Waals surface area contributed by atoms with Crippen LogP contribution < -0.4 is 0 Å². The van der Waals surface area contributed by atoms with Crippen molar-refractivity contribution in [3.8, 4) is 0 Å². The molecular weight excluding hydrogens is 226 g/mol. The molecule has 0 saturated heterocycles. The van der Waals surface area contributed by atoms with Crippen molar-refractivity contribution >= 4 is 5.91 Å². The summed E-state index contributed by atoms with van der Waals surface area (Å²) in [5.74, 6) is -2.65. The zero-order valence-corrected chi connectivity index (χ0v) is 10.2. The molecule has 0 radical (unpaired) electrons. The van der Waals surface area contributed by atoms with E-state index in [1.54, 1.807) is 6.92 Å². The van der Waals surface area contributed by atoms with Crippen LogP contribution in [-0.2, 0) is 0 Å². The molecule has 0 fully saturated rings. The predicted molar refractivity (Wildman–Crippen MR) is 60.6 cm³/mol. The molecule has 0 aliphatic heterocycles. The molecule has 1 amide bonds. The maximum atomic E-state index is 13.4. The lowest BCUT2D eigenvalue weighted by molar-refractivity contribution is 0.0739. The van der Waals surface area contributed by atoms with Gasteiger partial charge in [0, 0.05) is 19.3 Å². The summed E-state index contributed by atoms with van der Waals surface area (Å²) in [7, 11) is 0. The van der Waals surface area contributed by atoms with Gasteiger partial charge >= 0.3 is 0 Å². The lowest BCUT2D eigenvalue weighted by Gasteiger charge is -2.23. The molecule has 0 aromatic carbocycles. The highest BCUT2D eigenvalue weighted by atomic mass is 19.2. The highest BCUT2D eigenvalue weighted by Crippen LogP contribution is 2.13. The van der Waals surface area contributed by atoms with Gasteiger partial charge in [0.2, 0.25) is 5.95 Å². The third-order valence-electron chi connectivity index (χ3n) is 2.33. The van der Waals surface area contributed by atoms with E-state index < -0.39 is 17.7 Å². The van der Waals surface area contributed by atoms with Crippen LogP contribution in [0.1, 0.15) is 31.1 Å². The Morgan fingerprint density at radius 1 is 1.47 bits per heavy atom. The zero-order valence-electron chi connectivity index (χ0n) is 10.2. The number of hydrogen-bond donors (Lipinski definition) is 0. The van der Waals surface area contributed by atoms with E-state index in [0.717, 1.165) is 6.20 Å². The Kier molecular flexibility index (Phi) is 4.54. The van der Waals surface area contributed by atoms with Gasteiger partial charge in [0.1, 0.15) is 0 Å². The SMILES string of the molecule is CCN(CC(C)C)C(=O)c1ccnc(F)c1F. The van der Waals surface area contributed by atoms with E-state index in [1.807, 2.05) is 13.8 Å². The standard InChI is InChI=1S/C12H16F2N2O/c1-4-16(7-8(2)3)12(17)9-5-6-15-11(14)10(9)13/h5-6,8H,4,7H2,1-3H3. The minimum absolute atomic E-state index is 0.264. The van der Waals surface area contributed by atoms with Crippen LogP contribution in [-0.4, -0.2) is 28.9 Å². The predicted octanol–water partition coefficient (Wildman–Crippen LogP) is 2.48. The van der Waals surface area contributed by atoms with Gasteiger partial charge in [-0.1, -0.05) is 13.8 Å². The maximum Gasteiger partial charge on any atom is 0.257 e. The number of carbonyl (C=O) groups is 1. The third-order valence-corrected chi connectivity index (χ3v) is 2.33. The van der Waals surface area contributed by atoms with E-state index in [4.69, 9.17) is 0 Å². The van der Waals surface area contributed by atoms with Crippen molar-refractivity contribution in [3.63, 3.8) is 0 Å². The fraction of sp³-hybridized carbons (Fsp3) is 0.500. The van der Waals surface area contributed by atoms with E-state index >= 15 is 0 Å². The minimum atomic E-state index is -1.24. The normalized spacial score (nSPS) is 10.7. The molecule has 0 atom stereocenters. The highest BCUT2D eigenvalue weighted by Gasteiger charge is 2.21. The summed E-state index contributed by atoms with van der Waals surface area (Å²) in [6, 6.07) is 1.20. The minimum Gasteiger partial charge on any atom is -0.339 e. The molecule has 17 heavy (non-hydrogen) atoms. The third kappa shape index (κ3) is 3.22. The molecule has 3 nitrogen and oxygen atoms in total. The maximum absolute atomic E-state index is 13.4. The molecule has 0 aliphatic carbocycles. The molecule has 94 valence electrons. The number of halogens is 2.